The van der Waals surface area contributed by atoms with Crippen LogP contribution < -0.4 is 10.1 Å². The van der Waals surface area contributed by atoms with Gasteiger partial charge in [-0.2, -0.15) is 0 Å². The first-order valence-electron chi connectivity index (χ1n) is 6.54. The predicted molar refractivity (Wildman–Crippen MR) is 72.4 cm³/mol. The normalized spacial score (nSPS) is 11.7. The van der Waals surface area contributed by atoms with E-state index in [1.165, 1.54) is 24.3 Å². The second-order valence-electron chi connectivity index (χ2n) is 4.38. The molecule has 6 nitrogen and oxygen atoms in total. The monoisotopic (exact) mass is 299 g/mol. The minimum absolute atomic E-state index is 0.0346. The molecule has 7 heteroatoms. The summed E-state index contributed by atoms with van der Waals surface area (Å²) in [4.78, 5) is 22.3. The molecule has 0 bridgehead atoms. The van der Waals surface area contributed by atoms with Crippen LogP contribution in [0.25, 0.3) is 0 Å². The molecule has 0 aliphatic rings. The number of carboxylic acids is 1. The van der Waals surface area contributed by atoms with Gasteiger partial charge in [0.2, 0.25) is 5.91 Å². The van der Waals surface area contributed by atoms with Crippen molar-refractivity contribution in [3.05, 3.63) is 30.1 Å². The second kappa shape index (κ2) is 8.91. The molecule has 116 valence electrons. The van der Waals surface area contributed by atoms with E-state index in [9.17, 15) is 14.0 Å². The third-order valence-corrected chi connectivity index (χ3v) is 2.68. The summed E-state index contributed by atoms with van der Waals surface area (Å²) in [7, 11) is 0. The zero-order chi connectivity index (χ0) is 15.7. The number of benzene rings is 1. The van der Waals surface area contributed by atoms with E-state index in [2.05, 4.69) is 5.32 Å². The quantitative estimate of drug-likeness (QED) is 0.590. The number of carbonyl (C=O) groups excluding carboxylic acids is 1. The van der Waals surface area contributed by atoms with Crippen LogP contribution in [0.5, 0.6) is 5.75 Å². The average Bonchev–Trinajstić information content (AvgIpc) is 2.45. The molecule has 0 radical (unpaired) electrons. The van der Waals surface area contributed by atoms with Crippen LogP contribution in [0, 0.1) is 5.82 Å². The van der Waals surface area contributed by atoms with Gasteiger partial charge >= 0.3 is 5.97 Å². The highest BCUT2D eigenvalue weighted by atomic mass is 19.1. The van der Waals surface area contributed by atoms with Crippen LogP contribution in [-0.4, -0.2) is 41.3 Å². The Morgan fingerprint density at radius 3 is 2.52 bits per heavy atom. The van der Waals surface area contributed by atoms with E-state index in [-0.39, 0.29) is 31.9 Å². The number of ether oxygens (including phenoxy) is 1. The maximum Gasteiger partial charge on any atom is 0.326 e. The number of halogens is 1. The molecule has 1 rings (SSSR count). The average molecular weight is 299 g/mol. The molecule has 1 atom stereocenters. The number of aliphatic hydroxyl groups excluding tert-OH is 1. The van der Waals surface area contributed by atoms with Gasteiger partial charge in [0.1, 0.15) is 17.6 Å². The zero-order valence-electron chi connectivity index (χ0n) is 11.4. The van der Waals surface area contributed by atoms with Crippen LogP contribution in [0.15, 0.2) is 24.3 Å². The highest BCUT2D eigenvalue weighted by molar-refractivity contribution is 5.83. The molecule has 1 amide bonds. The number of hydrogen-bond acceptors (Lipinski definition) is 4. The standard InChI is InChI=1S/C14H18FNO5/c15-10-3-5-11(6-4-10)21-9-1-2-13(18)16-12(7-8-17)14(19)20/h3-6,12,17H,1-2,7-9H2,(H,16,18)(H,19,20)/t12-/m0/s1. The summed E-state index contributed by atoms with van der Waals surface area (Å²) in [6, 6.07) is 4.43. The number of carbonyl (C=O) groups is 2. The van der Waals surface area contributed by atoms with Crippen molar-refractivity contribution < 1.29 is 28.9 Å². The zero-order valence-corrected chi connectivity index (χ0v) is 11.4. The summed E-state index contributed by atoms with van der Waals surface area (Å²) < 4.78 is 18.0. The van der Waals surface area contributed by atoms with Gasteiger partial charge in [0.15, 0.2) is 0 Å². The summed E-state index contributed by atoms with van der Waals surface area (Å²) in [5.41, 5.74) is 0. The number of aliphatic carboxylic acids is 1. The Morgan fingerprint density at radius 1 is 1.29 bits per heavy atom. The van der Waals surface area contributed by atoms with Crippen LogP contribution in [0.2, 0.25) is 0 Å². The van der Waals surface area contributed by atoms with Gasteiger partial charge in [-0.1, -0.05) is 0 Å². The molecule has 0 fully saturated rings. The van der Waals surface area contributed by atoms with E-state index in [0.29, 0.717) is 12.2 Å². The summed E-state index contributed by atoms with van der Waals surface area (Å²) in [6.07, 6.45) is 0.470. The molecular formula is C14H18FNO5. The van der Waals surface area contributed by atoms with Crippen LogP contribution in [0.4, 0.5) is 4.39 Å². The molecule has 0 heterocycles. The fourth-order valence-corrected chi connectivity index (χ4v) is 1.61. The van der Waals surface area contributed by atoms with Gasteiger partial charge in [0.25, 0.3) is 0 Å². The van der Waals surface area contributed by atoms with Gasteiger partial charge in [-0.3, -0.25) is 4.79 Å². The van der Waals surface area contributed by atoms with Crippen molar-refractivity contribution in [1.82, 2.24) is 5.32 Å². The SMILES string of the molecule is O=C(CCCOc1ccc(F)cc1)N[C@@H](CCO)C(=O)O. The molecule has 1 aromatic rings. The summed E-state index contributed by atoms with van der Waals surface area (Å²) in [5, 5.41) is 19.8. The molecule has 0 aromatic heterocycles. The molecule has 0 spiro atoms. The Labute approximate surface area is 121 Å². The van der Waals surface area contributed by atoms with E-state index in [1.54, 1.807) is 0 Å². The number of nitrogens with one attached hydrogen (secondary N) is 1. The van der Waals surface area contributed by atoms with Gasteiger partial charge in [-0.25, -0.2) is 9.18 Å². The van der Waals surface area contributed by atoms with Gasteiger partial charge in [0, 0.05) is 19.4 Å². The minimum Gasteiger partial charge on any atom is -0.494 e. The molecular weight excluding hydrogens is 281 g/mol. The minimum atomic E-state index is -1.18. The Bertz CT molecular complexity index is 463. The van der Waals surface area contributed by atoms with Crippen LogP contribution in [0.1, 0.15) is 19.3 Å². The van der Waals surface area contributed by atoms with E-state index >= 15 is 0 Å². The number of hydrogen-bond donors (Lipinski definition) is 3. The molecule has 0 saturated carbocycles. The highest BCUT2D eigenvalue weighted by Gasteiger charge is 2.18. The van der Waals surface area contributed by atoms with Crippen molar-refractivity contribution in [3.8, 4) is 5.75 Å². The second-order valence-corrected chi connectivity index (χ2v) is 4.38. The third kappa shape index (κ3) is 6.71. The van der Waals surface area contributed by atoms with Crippen LogP contribution >= 0.6 is 0 Å². The van der Waals surface area contributed by atoms with Crippen molar-refractivity contribution in [1.29, 1.82) is 0 Å². The number of amides is 1. The van der Waals surface area contributed by atoms with Gasteiger partial charge in [0.05, 0.1) is 6.61 Å². The Morgan fingerprint density at radius 2 is 1.95 bits per heavy atom. The van der Waals surface area contributed by atoms with Crippen molar-refractivity contribution in [2.45, 2.75) is 25.3 Å². The lowest BCUT2D eigenvalue weighted by molar-refractivity contribution is -0.142. The predicted octanol–water partition coefficient (Wildman–Crippen LogP) is 0.936. The summed E-state index contributed by atoms with van der Waals surface area (Å²) in [5.74, 6) is -1.45. The molecule has 1 aromatic carbocycles. The molecule has 21 heavy (non-hydrogen) atoms. The third-order valence-electron chi connectivity index (χ3n) is 2.68. The van der Waals surface area contributed by atoms with Crippen molar-refractivity contribution in [2.75, 3.05) is 13.2 Å². The fourth-order valence-electron chi connectivity index (χ4n) is 1.61. The fraction of sp³-hybridized carbons (Fsp3) is 0.429. The Hall–Kier alpha value is -2.15. The summed E-state index contributed by atoms with van der Waals surface area (Å²) >= 11 is 0. The smallest absolute Gasteiger partial charge is 0.326 e. The van der Waals surface area contributed by atoms with Gasteiger partial charge in [-0.15, -0.1) is 0 Å². The molecule has 3 N–H and O–H groups in total. The van der Waals surface area contributed by atoms with Crippen molar-refractivity contribution in [3.63, 3.8) is 0 Å². The molecule has 0 saturated heterocycles. The maximum absolute atomic E-state index is 12.7. The number of carboxylic acid groups (broad SMARTS) is 1. The maximum atomic E-state index is 12.7. The van der Waals surface area contributed by atoms with E-state index in [1.807, 2.05) is 0 Å². The first kappa shape index (κ1) is 16.9. The highest BCUT2D eigenvalue weighted by Crippen LogP contribution is 2.11. The first-order valence-corrected chi connectivity index (χ1v) is 6.54. The molecule has 0 aliphatic carbocycles. The van der Waals surface area contributed by atoms with Crippen LogP contribution in [0.3, 0.4) is 0 Å². The largest absolute Gasteiger partial charge is 0.494 e. The first-order chi connectivity index (χ1) is 10.0. The van der Waals surface area contributed by atoms with E-state index in [4.69, 9.17) is 14.9 Å². The van der Waals surface area contributed by atoms with Crippen molar-refractivity contribution >= 4 is 11.9 Å². The number of rotatable bonds is 9. The van der Waals surface area contributed by atoms with Gasteiger partial charge in [-0.05, 0) is 30.7 Å². The Kier molecular flexibility index (Phi) is 7.17. The number of aliphatic hydroxyl groups is 1. The van der Waals surface area contributed by atoms with E-state index < -0.39 is 17.9 Å². The topological polar surface area (TPSA) is 95.9 Å². The lowest BCUT2D eigenvalue weighted by Gasteiger charge is -2.13. The lowest BCUT2D eigenvalue weighted by atomic mass is 10.2. The Balaban J connectivity index is 2.23. The van der Waals surface area contributed by atoms with Crippen LogP contribution in [-0.2, 0) is 9.59 Å². The molecule has 0 aliphatic heterocycles. The lowest BCUT2D eigenvalue weighted by Crippen LogP contribution is -2.41. The summed E-state index contributed by atoms with van der Waals surface area (Å²) in [6.45, 7) is -0.0539. The van der Waals surface area contributed by atoms with Crippen molar-refractivity contribution in [2.24, 2.45) is 0 Å². The van der Waals surface area contributed by atoms with E-state index in [0.717, 1.165) is 0 Å². The van der Waals surface area contributed by atoms with Gasteiger partial charge < -0.3 is 20.3 Å². The molecule has 0 unspecified atom stereocenters.